The molecule has 2 heterocycles. The van der Waals surface area contributed by atoms with E-state index >= 15 is 0 Å². The third-order valence-corrected chi connectivity index (χ3v) is 3.43. The fourth-order valence-electron chi connectivity index (χ4n) is 1.53. The Balaban J connectivity index is 1.66. The van der Waals surface area contributed by atoms with Gasteiger partial charge in [0.15, 0.2) is 5.01 Å². The molecular formula is C9H8F2N4OS. The van der Waals surface area contributed by atoms with E-state index in [1.807, 2.05) is 0 Å². The Morgan fingerprint density at radius 2 is 2.35 bits per heavy atom. The molecule has 0 bridgehead atoms. The number of rotatable bonds is 4. The molecule has 1 saturated carbocycles. The van der Waals surface area contributed by atoms with E-state index in [0.29, 0.717) is 22.3 Å². The maximum Gasteiger partial charge on any atom is 0.243 e. The Bertz CT molecular complexity index is 501. The second-order valence-corrected chi connectivity index (χ2v) is 4.76. The van der Waals surface area contributed by atoms with Crippen molar-refractivity contribution in [3.05, 3.63) is 12.3 Å². The SMILES string of the molecule is FC(F)[C@H]1C[C@@H]1Nc1nnc(-c2ccon2)s1. The van der Waals surface area contributed by atoms with Crippen molar-refractivity contribution in [2.75, 3.05) is 5.32 Å². The average Bonchev–Trinajstić information content (AvgIpc) is 2.74. The Labute approximate surface area is 98.8 Å². The van der Waals surface area contributed by atoms with E-state index in [1.165, 1.54) is 17.6 Å². The lowest BCUT2D eigenvalue weighted by molar-refractivity contribution is 0.121. The molecule has 5 nitrogen and oxygen atoms in total. The van der Waals surface area contributed by atoms with Crippen LogP contribution in [0.5, 0.6) is 0 Å². The van der Waals surface area contributed by atoms with E-state index in [1.54, 1.807) is 6.07 Å². The first kappa shape index (κ1) is 10.6. The van der Waals surface area contributed by atoms with Gasteiger partial charge in [-0.05, 0) is 6.42 Å². The van der Waals surface area contributed by atoms with Gasteiger partial charge in [-0.15, -0.1) is 10.2 Å². The molecule has 1 N–H and O–H groups in total. The number of halogens is 2. The zero-order chi connectivity index (χ0) is 11.8. The second kappa shape index (κ2) is 4.02. The molecule has 2 aromatic heterocycles. The molecule has 0 unspecified atom stereocenters. The van der Waals surface area contributed by atoms with Gasteiger partial charge in [0.25, 0.3) is 0 Å². The van der Waals surface area contributed by atoms with E-state index in [-0.39, 0.29) is 6.04 Å². The van der Waals surface area contributed by atoms with Gasteiger partial charge in [-0.2, -0.15) is 0 Å². The van der Waals surface area contributed by atoms with Crippen LogP contribution in [0.3, 0.4) is 0 Å². The fraction of sp³-hybridized carbons (Fsp3) is 0.444. The number of anilines is 1. The summed E-state index contributed by atoms with van der Waals surface area (Å²) in [5, 5.41) is 15.6. The fourth-order valence-corrected chi connectivity index (χ4v) is 2.29. The standard InChI is InChI=1S/C9H8F2N4OS/c10-7(11)4-3-6(4)12-9-14-13-8(17-9)5-1-2-16-15-5/h1-2,4,6-7H,3H2,(H,12,14)/t4-,6-/m0/s1. The van der Waals surface area contributed by atoms with Crippen LogP contribution in [-0.2, 0) is 0 Å². The summed E-state index contributed by atoms with van der Waals surface area (Å²) >= 11 is 1.27. The number of alkyl halides is 2. The summed E-state index contributed by atoms with van der Waals surface area (Å²) in [5.41, 5.74) is 0.594. The predicted molar refractivity (Wildman–Crippen MR) is 56.9 cm³/mol. The van der Waals surface area contributed by atoms with Crippen molar-refractivity contribution in [3.8, 4) is 10.7 Å². The summed E-state index contributed by atoms with van der Waals surface area (Å²) in [5.74, 6) is -0.561. The Hall–Kier alpha value is -1.57. The molecule has 0 saturated heterocycles. The van der Waals surface area contributed by atoms with Crippen molar-refractivity contribution in [1.82, 2.24) is 15.4 Å². The van der Waals surface area contributed by atoms with Crippen molar-refractivity contribution in [2.24, 2.45) is 5.92 Å². The van der Waals surface area contributed by atoms with Gasteiger partial charge in [0, 0.05) is 18.0 Å². The van der Waals surface area contributed by atoms with Crippen molar-refractivity contribution < 1.29 is 13.3 Å². The molecule has 8 heteroatoms. The molecule has 90 valence electrons. The maximum atomic E-state index is 12.3. The minimum absolute atomic E-state index is 0.187. The highest BCUT2D eigenvalue weighted by Gasteiger charge is 2.44. The lowest BCUT2D eigenvalue weighted by atomic mass is 10.4. The van der Waals surface area contributed by atoms with Gasteiger partial charge in [-0.1, -0.05) is 16.5 Å². The van der Waals surface area contributed by atoms with Crippen LogP contribution in [0.15, 0.2) is 16.9 Å². The summed E-state index contributed by atoms with van der Waals surface area (Å²) in [6.45, 7) is 0. The molecule has 3 rings (SSSR count). The van der Waals surface area contributed by atoms with Crippen LogP contribution in [0.1, 0.15) is 6.42 Å². The molecular weight excluding hydrogens is 250 g/mol. The third-order valence-electron chi connectivity index (χ3n) is 2.55. The van der Waals surface area contributed by atoms with Gasteiger partial charge in [0.1, 0.15) is 12.0 Å². The highest BCUT2D eigenvalue weighted by atomic mass is 32.1. The lowest BCUT2D eigenvalue weighted by Gasteiger charge is -1.98. The molecule has 17 heavy (non-hydrogen) atoms. The summed E-state index contributed by atoms with van der Waals surface area (Å²) in [7, 11) is 0. The van der Waals surface area contributed by atoms with Crippen molar-refractivity contribution >= 4 is 16.5 Å². The van der Waals surface area contributed by atoms with Crippen LogP contribution in [0, 0.1) is 5.92 Å². The molecule has 0 aliphatic heterocycles. The molecule has 2 aromatic rings. The molecule has 0 aromatic carbocycles. The van der Waals surface area contributed by atoms with Crippen LogP contribution in [0.4, 0.5) is 13.9 Å². The number of hydrogen-bond donors (Lipinski definition) is 1. The predicted octanol–water partition coefficient (Wildman–Crippen LogP) is 2.26. The zero-order valence-electron chi connectivity index (χ0n) is 8.51. The minimum Gasteiger partial charge on any atom is -0.364 e. The monoisotopic (exact) mass is 258 g/mol. The Morgan fingerprint density at radius 1 is 1.47 bits per heavy atom. The lowest BCUT2D eigenvalue weighted by Crippen LogP contribution is -2.08. The average molecular weight is 258 g/mol. The van der Waals surface area contributed by atoms with Gasteiger partial charge in [-0.3, -0.25) is 0 Å². The molecule has 1 aliphatic rings. The molecule has 0 amide bonds. The van der Waals surface area contributed by atoms with E-state index in [4.69, 9.17) is 0 Å². The Morgan fingerprint density at radius 3 is 3.00 bits per heavy atom. The summed E-state index contributed by atoms with van der Waals surface area (Å²) in [4.78, 5) is 0. The molecule has 1 aliphatic carbocycles. The molecule has 2 atom stereocenters. The van der Waals surface area contributed by atoms with Crippen molar-refractivity contribution in [3.63, 3.8) is 0 Å². The maximum absolute atomic E-state index is 12.3. The largest absolute Gasteiger partial charge is 0.364 e. The topological polar surface area (TPSA) is 63.8 Å². The quantitative estimate of drug-likeness (QED) is 0.911. The van der Waals surface area contributed by atoms with E-state index in [0.717, 1.165) is 0 Å². The number of hydrogen-bond acceptors (Lipinski definition) is 6. The van der Waals surface area contributed by atoms with E-state index < -0.39 is 12.3 Å². The first-order valence-electron chi connectivity index (χ1n) is 5.03. The van der Waals surface area contributed by atoms with Gasteiger partial charge in [-0.25, -0.2) is 8.78 Å². The first-order valence-corrected chi connectivity index (χ1v) is 5.84. The van der Waals surface area contributed by atoms with Crippen LogP contribution in [0.2, 0.25) is 0 Å². The van der Waals surface area contributed by atoms with Gasteiger partial charge in [0.2, 0.25) is 11.6 Å². The smallest absolute Gasteiger partial charge is 0.243 e. The van der Waals surface area contributed by atoms with Crippen LogP contribution >= 0.6 is 11.3 Å². The van der Waals surface area contributed by atoms with Crippen LogP contribution < -0.4 is 5.32 Å². The number of nitrogens with zero attached hydrogens (tertiary/aromatic N) is 3. The van der Waals surface area contributed by atoms with Crippen molar-refractivity contribution in [2.45, 2.75) is 18.9 Å². The van der Waals surface area contributed by atoms with Crippen LogP contribution in [0.25, 0.3) is 10.7 Å². The number of nitrogens with one attached hydrogen (secondary N) is 1. The second-order valence-electron chi connectivity index (χ2n) is 3.78. The Kier molecular flexibility index (Phi) is 2.50. The molecule has 1 fully saturated rings. The van der Waals surface area contributed by atoms with E-state index in [9.17, 15) is 8.78 Å². The summed E-state index contributed by atoms with van der Waals surface area (Å²) in [6, 6.07) is 1.48. The molecule has 0 spiro atoms. The molecule has 0 radical (unpaired) electrons. The summed E-state index contributed by atoms with van der Waals surface area (Å²) < 4.78 is 29.3. The minimum atomic E-state index is -2.27. The first-order chi connectivity index (χ1) is 8.24. The van der Waals surface area contributed by atoms with Crippen molar-refractivity contribution in [1.29, 1.82) is 0 Å². The highest BCUT2D eigenvalue weighted by molar-refractivity contribution is 7.18. The zero-order valence-corrected chi connectivity index (χ0v) is 9.32. The third kappa shape index (κ3) is 2.12. The van der Waals surface area contributed by atoms with Gasteiger partial charge >= 0.3 is 0 Å². The van der Waals surface area contributed by atoms with Gasteiger partial charge < -0.3 is 9.84 Å². The highest BCUT2D eigenvalue weighted by Crippen LogP contribution is 2.39. The number of aromatic nitrogens is 3. The van der Waals surface area contributed by atoms with Gasteiger partial charge in [0.05, 0.1) is 0 Å². The van der Waals surface area contributed by atoms with E-state index in [2.05, 4.69) is 25.2 Å². The normalized spacial score (nSPS) is 23.0. The van der Waals surface area contributed by atoms with Crippen LogP contribution in [-0.4, -0.2) is 27.8 Å². The summed E-state index contributed by atoms with van der Waals surface area (Å²) in [6.07, 6.45) is -0.343.